The summed E-state index contributed by atoms with van der Waals surface area (Å²) < 4.78 is 6.25. The van der Waals surface area contributed by atoms with Gasteiger partial charge in [0.15, 0.2) is 5.82 Å². The molecule has 2 rings (SSSR count). The Bertz CT molecular complexity index is 381. The summed E-state index contributed by atoms with van der Waals surface area (Å²) in [6.07, 6.45) is 3.16. The summed E-state index contributed by atoms with van der Waals surface area (Å²) in [7, 11) is 1.83. The van der Waals surface area contributed by atoms with E-state index in [4.69, 9.17) is 0 Å². The molecule has 0 aliphatic carbocycles. The maximum Gasteiger partial charge on any atom is 0.213 e. The maximum absolute atomic E-state index is 4.59. The standard InChI is InChI=1S/C7H10N6O/c1-13-4-6(10-12-13)2-8-3-7-9-5-14-11-7/h4-5,8H,2-3H2,1H3. The third kappa shape index (κ3) is 2.13. The summed E-state index contributed by atoms with van der Waals surface area (Å²) in [5.41, 5.74) is 0.885. The van der Waals surface area contributed by atoms with Crippen LogP contribution in [-0.4, -0.2) is 25.1 Å². The van der Waals surface area contributed by atoms with E-state index in [9.17, 15) is 0 Å². The Labute approximate surface area is 80.1 Å². The molecule has 0 radical (unpaired) electrons. The number of aromatic nitrogens is 5. The van der Waals surface area contributed by atoms with E-state index >= 15 is 0 Å². The Morgan fingerprint density at radius 2 is 2.43 bits per heavy atom. The van der Waals surface area contributed by atoms with Crippen molar-refractivity contribution in [2.45, 2.75) is 13.1 Å². The molecule has 1 N–H and O–H groups in total. The van der Waals surface area contributed by atoms with Crippen molar-refractivity contribution >= 4 is 0 Å². The smallest absolute Gasteiger partial charge is 0.213 e. The van der Waals surface area contributed by atoms with Gasteiger partial charge in [-0.25, -0.2) is 0 Å². The van der Waals surface area contributed by atoms with Crippen molar-refractivity contribution < 1.29 is 4.52 Å². The zero-order valence-corrected chi connectivity index (χ0v) is 7.71. The molecule has 7 heteroatoms. The van der Waals surface area contributed by atoms with Gasteiger partial charge >= 0.3 is 0 Å². The van der Waals surface area contributed by atoms with Crippen LogP contribution in [0.25, 0.3) is 0 Å². The van der Waals surface area contributed by atoms with Crippen LogP contribution in [0.1, 0.15) is 11.5 Å². The van der Waals surface area contributed by atoms with E-state index in [-0.39, 0.29) is 0 Å². The highest BCUT2D eigenvalue weighted by molar-refractivity contribution is 4.91. The Kier molecular flexibility index (Phi) is 2.50. The topological polar surface area (TPSA) is 81.7 Å². The fraction of sp³-hybridized carbons (Fsp3) is 0.429. The first kappa shape index (κ1) is 8.82. The monoisotopic (exact) mass is 194 g/mol. The van der Waals surface area contributed by atoms with Gasteiger partial charge in [-0.15, -0.1) is 5.10 Å². The fourth-order valence-corrected chi connectivity index (χ4v) is 1.05. The van der Waals surface area contributed by atoms with Crippen molar-refractivity contribution in [3.8, 4) is 0 Å². The van der Waals surface area contributed by atoms with Crippen LogP contribution >= 0.6 is 0 Å². The first-order chi connectivity index (χ1) is 6.84. The molecular formula is C7H10N6O. The quantitative estimate of drug-likeness (QED) is 0.705. The second-order valence-corrected chi connectivity index (χ2v) is 2.83. The van der Waals surface area contributed by atoms with Gasteiger partial charge < -0.3 is 9.84 Å². The SMILES string of the molecule is Cn1cc(CNCc2ncon2)nn1. The number of nitrogens with one attached hydrogen (secondary N) is 1. The van der Waals surface area contributed by atoms with E-state index in [2.05, 4.69) is 30.3 Å². The zero-order valence-electron chi connectivity index (χ0n) is 7.71. The van der Waals surface area contributed by atoms with E-state index in [1.807, 2.05) is 13.2 Å². The van der Waals surface area contributed by atoms with Crippen molar-refractivity contribution in [1.82, 2.24) is 30.5 Å². The van der Waals surface area contributed by atoms with Gasteiger partial charge in [-0.3, -0.25) is 4.68 Å². The van der Waals surface area contributed by atoms with Gasteiger partial charge in [0.05, 0.1) is 12.2 Å². The lowest BCUT2D eigenvalue weighted by molar-refractivity contribution is 0.407. The molecule has 2 aromatic rings. The molecule has 0 saturated heterocycles. The average Bonchev–Trinajstić information content (AvgIpc) is 2.77. The summed E-state index contributed by atoms with van der Waals surface area (Å²) in [5.74, 6) is 0.633. The van der Waals surface area contributed by atoms with Crippen molar-refractivity contribution in [2.24, 2.45) is 7.05 Å². The normalized spacial score (nSPS) is 10.6. The third-order valence-corrected chi connectivity index (χ3v) is 1.65. The molecule has 0 aliphatic heterocycles. The molecule has 14 heavy (non-hydrogen) atoms. The largest absolute Gasteiger partial charge is 0.343 e. The molecule has 7 nitrogen and oxygen atoms in total. The minimum atomic E-state index is 0.563. The molecule has 2 heterocycles. The molecule has 0 aliphatic rings. The van der Waals surface area contributed by atoms with Crippen LogP contribution in [0, 0.1) is 0 Å². The minimum absolute atomic E-state index is 0.563. The average molecular weight is 194 g/mol. The van der Waals surface area contributed by atoms with Crippen LogP contribution in [0.15, 0.2) is 17.1 Å². The first-order valence-corrected chi connectivity index (χ1v) is 4.16. The summed E-state index contributed by atoms with van der Waals surface area (Å²) in [5, 5.41) is 14.5. The van der Waals surface area contributed by atoms with Crippen molar-refractivity contribution in [3.05, 3.63) is 24.1 Å². The second kappa shape index (κ2) is 3.97. The molecule has 2 aromatic heterocycles. The number of hydrogen-bond acceptors (Lipinski definition) is 6. The first-order valence-electron chi connectivity index (χ1n) is 4.16. The predicted octanol–water partition coefficient (Wildman–Crippen LogP) is -0.512. The van der Waals surface area contributed by atoms with Gasteiger partial charge in [0.25, 0.3) is 0 Å². The Morgan fingerprint density at radius 3 is 3.07 bits per heavy atom. The molecule has 0 unspecified atom stereocenters. The van der Waals surface area contributed by atoms with Crippen molar-refractivity contribution in [2.75, 3.05) is 0 Å². The van der Waals surface area contributed by atoms with Gasteiger partial charge in [-0.2, -0.15) is 4.98 Å². The molecule has 0 bridgehead atoms. The van der Waals surface area contributed by atoms with Gasteiger partial charge in [0, 0.05) is 19.8 Å². The maximum atomic E-state index is 4.59. The van der Waals surface area contributed by atoms with Gasteiger partial charge in [0.1, 0.15) is 0 Å². The van der Waals surface area contributed by atoms with Crippen molar-refractivity contribution in [1.29, 1.82) is 0 Å². The van der Waals surface area contributed by atoms with Crippen LogP contribution in [0.3, 0.4) is 0 Å². The second-order valence-electron chi connectivity index (χ2n) is 2.83. The highest BCUT2D eigenvalue weighted by atomic mass is 16.5. The third-order valence-electron chi connectivity index (χ3n) is 1.65. The van der Waals surface area contributed by atoms with Crippen LogP contribution in [-0.2, 0) is 20.1 Å². The van der Waals surface area contributed by atoms with Gasteiger partial charge in [-0.05, 0) is 0 Å². The van der Waals surface area contributed by atoms with E-state index in [0.717, 1.165) is 5.69 Å². The van der Waals surface area contributed by atoms with E-state index < -0.39 is 0 Å². The fourth-order valence-electron chi connectivity index (χ4n) is 1.05. The lowest BCUT2D eigenvalue weighted by Crippen LogP contribution is -2.13. The molecule has 0 spiro atoms. The number of rotatable bonds is 4. The summed E-state index contributed by atoms with van der Waals surface area (Å²) in [6, 6.07) is 0. The summed E-state index contributed by atoms with van der Waals surface area (Å²) in [4.78, 5) is 3.87. The lowest BCUT2D eigenvalue weighted by Gasteiger charge is -1.95. The number of nitrogens with zero attached hydrogens (tertiary/aromatic N) is 5. The number of hydrogen-bond donors (Lipinski definition) is 1. The van der Waals surface area contributed by atoms with E-state index in [1.165, 1.54) is 6.39 Å². The lowest BCUT2D eigenvalue weighted by atomic mass is 10.4. The number of aryl methyl sites for hydroxylation is 1. The highest BCUT2D eigenvalue weighted by Gasteiger charge is 2.00. The molecule has 0 fully saturated rings. The summed E-state index contributed by atoms with van der Waals surface area (Å²) in [6.45, 7) is 1.20. The van der Waals surface area contributed by atoms with Crippen molar-refractivity contribution in [3.63, 3.8) is 0 Å². The Hall–Kier alpha value is -1.76. The van der Waals surface area contributed by atoms with E-state index in [0.29, 0.717) is 18.9 Å². The Morgan fingerprint density at radius 1 is 1.50 bits per heavy atom. The Balaban J connectivity index is 1.78. The molecule has 0 aromatic carbocycles. The van der Waals surface area contributed by atoms with E-state index in [1.54, 1.807) is 4.68 Å². The minimum Gasteiger partial charge on any atom is -0.343 e. The van der Waals surface area contributed by atoms with Gasteiger partial charge in [0.2, 0.25) is 6.39 Å². The van der Waals surface area contributed by atoms with Crippen LogP contribution in [0.4, 0.5) is 0 Å². The molecular weight excluding hydrogens is 184 g/mol. The van der Waals surface area contributed by atoms with Crippen LogP contribution < -0.4 is 5.32 Å². The highest BCUT2D eigenvalue weighted by Crippen LogP contribution is 1.92. The summed E-state index contributed by atoms with van der Waals surface area (Å²) >= 11 is 0. The predicted molar refractivity (Wildman–Crippen MR) is 45.8 cm³/mol. The molecule has 0 atom stereocenters. The molecule has 74 valence electrons. The van der Waals surface area contributed by atoms with Crippen LogP contribution in [0.5, 0.6) is 0 Å². The molecule has 0 amide bonds. The van der Waals surface area contributed by atoms with Crippen LogP contribution in [0.2, 0.25) is 0 Å². The molecule has 0 saturated carbocycles. The van der Waals surface area contributed by atoms with Gasteiger partial charge in [-0.1, -0.05) is 10.4 Å². The zero-order chi connectivity index (χ0) is 9.80.